The maximum Gasteiger partial charge on any atom is 0.236 e. The Morgan fingerprint density at radius 3 is 2.53 bits per heavy atom. The highest BCUT2D eigenvalue weighted by Gasteiger charge is 2.21. The Bertz CT molecular complexity index is 1170. The van der Waals surface area contributed by atoms with Gasteiger partial charge in [0.05, 0.1) is 11.2 Å². The molecule has 2 aromatic heterocycles. The highest BCUT2D eigenvalue weighted by molar-refractivity contribution is 5.83. The molecule has 1 aliphatic carbocycles. The summed E-state index contributed by atoms with van der Waals surface area (Å²) in [6.45, 7) is 5.24. The Morgan fingerprint density at radius 1 is 0.933 bits per heavy atom. The summed E-state index contributed by atoms with van der Waals surface area (Å²) in [6, 6.07) is 21.3. The highest BCUT2D eigenvalue weighted by atomic mass is 15.2. The lowest BCUT2D eigenvalue weighted by Gasteiger charge is -2.21. The molecular formula is C26H28N4. The third-order valence-corrected chi connectivity index (χ3v) is 6.00. The summed E-state index contributed by atoms with van der Waals surface area (Å²) < 4.78 is 2.25. The Balaban J connectivity index is 1.63. The van der Waals surface area contributed by atoms with Gasteiger partial charge in [-0.15, -0.1) is 0 Å². The highest BCUT2D eigenvalue weighted by Crippen LogP contribution is 2.31. The zero-order chi connectivity index (χ0) is 20.5. The topological polar surface area (TPSA) is 42.7 Å². The fourth-order valence-electron chi connectivity index (χ4n) is 4.43. The number of aromatic nitrogens is 3. The van der Waals surface area contributed by atoms with Crippen LogP contribution in [0.25, 0.3) is 16.9 Å². The molecule has 0 saturated carbocycles. The lowest BCUT2D eigenvalue weighted by molar-refractivity contribution is 0.656. The Labute approximate surface area is 178 Å². The van der Waals surface area contributed by atoms with E-state index in [4.69, 9.17) is 9.97 Å². The van der Waals surface area contributed by atoms with Crippen LogP contribution in [0.1, 0.15) is 55.1 Å². The lowest BCUT2D eigenvalue weighted by Crippen LogP contribution is -2.16. The van der Waals surface area contributed by atoms with Gasteiger partial charge in [-0.05, 0) is 49.3 Å². The van der Waals surface area contributed by atoms with E-state index in [0.717, 1.165) is 31.2 Å². The van der Waals surface area contributed by atoms with Crippen LogP contribution in [0.15, 0.2) is 60.7 Å². The number of fused-ring (bicyclic) bond motifs is 2. The van der Waals surface area contributed by atoms with Gasteiger partial charge in [-0.1, -0.05) is 62.4 Å². The second kappa shape index (κ2) is 7.94. The zero-order valence-corrected chi connectivity index (χ0v) is 17.7. The molecule has 0 bridgehead atoms. The van der Waals surface area contributed by atoms with E-state index in [2.05, 4.69) is 84.4 Å². The molecule has 0 amide bonds. The van der Waals surface area contributed by atoms with E-state index in [9.17, 15) is 0 Å². The number of para-hydroxylation sites is 1. The molecule has 1 aliphatic rings. The minimum atomic E-state index is 0.387. The van der Waals surface area contributed by atoms with Crippen molar-refractivity contribution >= 4 is 16.7 Å². The Morgan fingerprint density at radius 2 is 1.70 bits per heavy atom. The van der Waals surface area contributed by atoms with Crippen molar-refractivity contribution in [1.29, 1.82) is 0 Å². The normalized spacial score (nSPS) is 13.6. The number of nitrogens with one attached hydrogen (secondary N) is 1. The van der Waals surface area contributed by atoms with E-state index in [1.54, 1.807) is 0 Å². The van der Waals surface area contributed by atoms with Gasteiger partial charge in [0, 0.05) is 23.2 Å². The molecule has 0 atom stereocenters. The number of hydrogen-bond donors (Lipinski definition) is 1. The number of anilines is 1. The summed E-state index contributed by atoms with van der Waals surface area (Å²) in [5.41, 5.74) is 6.18. The quantitative estimate of drug-likeness (QED) is 0.447. The van der Waals surface area contributed by atoms with E-state index in [0.29, 0.717) is 5.92 Å². The predicted molar refractivity (Wildman–Crippen MR) is 123 cm³/mol. The van der Waals surface area contributed by atoms with Crippen LogP contribution in [0.4, 0.5) is 5.82 Å². The fraction of sp³-hybridized carbons (Fsp3) is 0.308. The second-order valence-corrected chi connectivity index (χ2v) is 8.46. The molecule has 0 fully saturated rings. The summed E-state index contributed by atoms with van der Waals surface area (Å²) >= 11 is 0. The van der Waals surface area contributed by atoms with Crippen molar-refractivity contribution in [3.8, 4) is 5.95 Å². The van der Waals surface area contributed by atoms with Gasteiger partial charge in [-0.2, -0.15) is 4.98 Å². The van der Waals surface area contributed by atoms with Crippen molar-refractivity contribution in [2.75, 3.05) is 5.32 Å². The zero-order valence-electron chi connectivity index (χ0n) is 17.7. The molecule has 0 unspecified atom stereocenters. The van der Waals surface area contributed by atoms with E-state index >= 15 is 0 Å². The third-order valence-electron chi connectivity index (χ3n) is 6.00. The first-order valence-corrected chi connectivity index (χ1v) is 11.0. The van der Waals surface area contributed by atoms with E-state index in [1.807, 2.05) is 0 Å². The molecule has 152 valence electrons. The molecule has 2 aromatic carbocycles. The van der Waals surface area contributed by atoms with Crippen LogP contribution in [0, 0.1) is 0 Å². The molecule has 0 spiro atoms. The molecule has 4 heteroatoms. The van der Waals surface area contributed by atoms with Gasteiger partial charge in [0.2, 0.25) is 5.95 Å². The molecule has 0 saturated heterocycles. The summed E-state index contributed by atoms with van der Waals surface area (Å²) in [5, 5.41) is 4.86. The second-order valence-electron chi connectivity index (χ2n) is 8.46. The van der Waals surface area contributed by atoms with Crippen molar-refractivity contribution in [2.24, 2.45) is 0 Å². The van der Waals surface area contributed by atoms with Crippen LogP contribution in [-0.4, -0.2) is 14.5 Å². The van der Waals surface area contributed by atoms with Crippen LogP contribution in [0.2, 0.25) is 0 Å². The molecule has 0 aliphatic heterocycles. The van der Waals surface area contributed by atoms with Gasteiger partial charge < -0.3 is 5.32 Å². The fourth-order valence-corrected chi connectivity index (χ4v) is 4.43. The SMILES string of the molecule is CC(C)c1cc2ccccc2n1-c1nc2c(c(NCc3ccccc3)n1)CCCC2. The van der Waals surface area contributed by atoms with Crippen LogP contribution >= 0.6 is 0 Å². The van der Waals surface area contributed by atoms with E-state index < -0.39 is 0 Å². The van der Waals surface area contributed by atoms with Gasteiger partial charge in [0.25, 0.3) is 0 Å². The third kappa shape index (κ3) is 3.47. The van der Waals surface area contributed by atoms with E-state index in [1.165, 1.54) is 46.3 Å². The number of benzene rings is 2. The van der Waals surface area contributed by atoms with Crippen molar-refractivity contribution in [3.63, 3.8) is 0 Å². The molecule has 30 heavy (non-hydrogen) atoms. The summed E-state index contributed by atoms with van der Waals surface area (Å²) in [7, 11) is 0. The molecular weight excluding hydrogens is 368 g/mol. The van der Waals surface area contributed by atoms with Gasteiger partial charge in [-0.3, -0.25) is 4.57 Å². The minimum Gasteiger partial charge on any atom is -0.366 e. The molecule has 1 N–H and O–H groups in total. The van der Waals surface area contributed by atoms with Crippen molar-refractivity contribution < 1.29 is 0 Å². The molecule has 5 rings (SSSR count). The van der Waals surface area contributed by atoms with Crippen LogP contribution in [0.3, 0.4) is 0 Å². The molecule has 4 nitrogen and oxygen atoms in total. The van der Waals surface area contributed by atoms with Crippen LogP contribution < -0.4 is 5.32 Å². The summed E-state index contributed by atoms with van der Waals surface area (Å²) in [6.07, 6.45) is 4.49. The number of nitrogens with zero attached hydrogens (tertiary/aromatic N) is 3. The average Bonchev–Trinajstić information content (AvgIpc) is 3.18. The van der Waals surface area contributed by atoms with Crippen LogP contribution in [-0.2, 0) is 19.4 Å². The van der Waals surface area contributed by atoms with Crippen molar-refractivity contribution in [1.82, 2.24) is 14.5 Å². The first kappa shape index (κ1) is 18.9. The van der Waals surface area contributed by atoms with Crippen molar-refractivity contribution in [2.45, 2.75) is 52.0 Å². The Hall–Kier alpha value is -3.14. The first-order valence-electron chi connectivity index (χ1n) is 11.0. The number of rotatable bonds is 5. The maximum atomic E-state index is 5.08. The largest absolute Gasteiger partial charge is 0.366 e. The Kier molecular flexibility index (Phi) is 4.99. The standard InChI is InChI=1S/C26H28N4/c1-18(2)24-16-20-12-6-9-15-23(20)30(24)26-28-22-14-8-7-13-21(22)25(29-26)27-17-19-10-4-3-5-11-19/h3-6,9-12,15-16,18H,7-8,13-14,17H2,1-2H3,(H,27,28,29). The first-order chi connectivity index (χ1) is 14.7. The lowest BCUT2D eigenvalue weighted by atomic mass is 9.96. The maximum absolute atomic E-state index is 5.08. The van der Waals surface area contributed by atoms with Gasteiger partial charge in [-0.25, -0.2) is 4.98 Å². The molecule has 0 radical (unpaired) electrons. The van der Waals surface area contributed by atoms with E-state index in [-0.39, 0.29) is 0 Å². The summed E-state index contributed by atoms with van der Waals surface area (Å²) in [4.78, 5) is 10.2. The average molecular weight is 397 g/mol. The van der Waals surface area contributed by atoms with Gasteiger partial charge >= 0.3 is 0 Å². The van der Waals surface area contributed by atoms with Gasteiger partial charge in [0.1, 0.15) is 5.82 Å². The number of hydrogen-bond acceptors (Lipinski definition) is 3. The molecule has 4 aromatic rings. The van der Waals surface area contributed by atoms with Crippen molar-refractivity contribution in [3.05, 3.63) is 83.2 Å². The minimum absolute atomic E-state index is 0.387. The smallest absolute Gasteiger partial charge is 0.236 e. The summed E-state index contributed by atoms with van der Waals surface area (Å²) in [5.74, 6) is 2.17. The van der Waals surface area contributed by atoms with Gasteiger partial charge in [0.15, 0.2) is 0 Å². The molecule has 2 heterocycles. The number of aryl methyl sites for hydroxylation is 1. The monoisotopic (exact) mass is 396 g/mol. The predicted octanol–water partition coefficient (Wildman–Crippen LogP) is 6.03. The van der Waals surface area contributed by atoms with Crippen LogP contribution in [0.5, 0.6) is 0 Å².